The van der Waals surface area contributed by atoms with E-state index in [1.807, 2.05) is 13.8 Å². The summed E-state index contributed by atoms with van der Waals surface area (Å²) < 4.78 is 0. The van der Waals surface area contributed by atoms with Gasteiger partial charge in [-0.3, -0.25) is 0 Å². The lowest BCUT2D eigenvalue weighted by molar-refractivity contribution is 0.0730. The normalized spacial score (nSPS) is 22.3. The zero-order chi connectivity index (χ0) is 10.6. The van der Waals surface area contributed by atoms with E-state index in [0.717, 1.165) is 5.92 Å². The van der Waals surface area contributed by atoms with Crippen LogP contribution in [0.1, 0.15) is 52.9 Å². The van der Waals surface area contributed by atoms with Crippen molar-refractivity contribution >= 4 is 0 Å². The number of nitrogens with one attached hydrogen (secondary N) is 1. The Hall–Kier alpha value is -0.0800. The van der Waals surface area contributed by atoms with Crippen LogP contribution in [-0.2, 0) is 0 Å². The highest BCUT2D eigenvalue weighted by molar-refractivity contribution is 4.78. The molecular weight excluding hydrogens is 174 g/mol. The average Bonchev–Trinajstić information content (AvgIpc) is 2.14. The molecule has 0 saturated heterocycles. The van der Waals surface area contributed by atoms with Gasteiger partial charge in [0.05, 0.1) is 5.60 Å². The van der Waals surface area contributed by atoms with Crippen LogP contribution in [0.2, 0.25) is 0 Å². The fourth-order valence-corrected chi connectivity index (χ4v) is 2.21. The minimum atomic E-state index is -0.580. The lowest BCUT2D eigenvalue weighted by Crippen LogP contribution is -2.43. The van der Waals surface area contributed by atoms with Gasteiger partial charge in [0.2, 0.25) is 0 Å². The molecule has 2 N–H and O–H groups in total. The fourth-order valence-electron chi connectivity index (χ4n) is 2.21. The molecule has 1 aliphatic carbocycles. The largest absolute Gasteiger partial charge is 0.389 e. The molecule has 1 fully saturated rings. The van der Waals surface area contributed by atoms with E-state index in [9.17, 15) is 5.11 Å². The molecule has 2 nitrogen and oxygen atoms in total. The third-order valence-corrected chi connectivity index (χ3v) is 3.21. The molecule has 0 radical (unpaired) electrons. The summed E-state index contributed by atoms with van der Waals surface area (Å²) in [5, 5.41) is 13.0. The van der Waals surface area contributed by atoms with E-state index < -0.39 is 5.60 Å². The molecule has 0 amide bonds. The maximum Gasteiger partial charge on any atom is 0.0715 e. The van der Waals surface area contributed by atoms with Gasteiger partial charge >= 0.3 is 0 Å². The minimum Gasteiger partial charge on any atom is -0.389 e. The van der Waals surface area contributed by atoms with Crippen LogP contribution < -0.4 is 5.32 Å². The van der Waals surface area contributed by atoms with Crippen molar-refractivity contribution in [3.63, 3.8) is 0 Å². The molecule has 0 bridgehead atoms. The highest BCUT2D eigenvalue weighted by Crippen LogP contribution is 2.26. The second-order valence-electron chi connectivity index (χ2n) is 5.38. The maximum absolute atomic E-state index is 9.60. The van der Waals surface area contributed by atoms with Gasteiger partial charge in [-0.15, -0.1) is 0 Å². The van der Waals surface area contributed by atoms with Crippen molar-refractivity contribution in [2.75, 3.05) is 6.54 Å². The average molecular weight is 199 g/mol. The topological polar surface area (TPSA) is 32.3 Å². The van der Waals surface area contributed by atoms with Crippen molar-refractivity contribution in [3.8, 4) is 0 Å². The van der Waals surface area contributed by atoms with Gasteiger partial charge in [0, 0.05) is 12.6 Å². The maximum atomic E-state index is 9.60. The van der Waals surface area contributed by atoms with E-state index in [4.69, 9.17) is 0 Å². The zero-order valence-corrected chi connectivity index (χ0v) is 9.84. The van der Waals surface area contributed by atoms with Crippen LogP contribution in [0, 0.1) is 5.92 Å². The summed E-state index contributed by atoms with van der Waals surface area (Å²) in [6.45, 7) is 6.66. The summed E-state index contributed by atoms with van der Waals surface area (Å²) in [5.41, 5.74) is -0.580. The monoisotopic (exact) mass is 199 g/mol. The van der Waals surface area contributed by atoms with Crippen molar-refractivity contribution < 1.29 is 5.11 Å². The van der Waals surface area contributed by atoms with Crippen molar-refractivity contribution in [2.45, 2.75) is 64.5 Å². The van der Waals surface area contributed by atoms with Crippen LogP contribution in [0.25, 0.3) is 0 Å². The second-order valence-corrected chi connectivity index (χ2v) is 5.38. The molecule has 14 heavy (non-hydrogen) atoms. The smallest absolute Gasteiger partial charge is 0.0715 e. The Morgan fingerprint density at radius 3 is 2.36 bits per heavy atom. The summed E-state index contributed by atoms with van der Waals surface area (Å²) in [7, 11) is 0. The van der Waals surface area contributed by atoms with E-state index in [1.165, 1.54) is 32.1 Å². The van der Waals surface area contributed by atoms with Crippen LogP contribution >= 0.6 is 0 Å². The van der Waals surface area contributed by atoms with Gasteiger partial charge in [-0.05, 0) is 39.5 Å². The Morgan fingerprint density at radius 2 is 1.86 bits per heavy atom. The predicted molar refractivity (Wildman–Crippen MR) is 60.3 cm³/mol. The van der Waals surface area contributed by atoms with Gasteiger partial charge in [0.25, 0.3) is 0 Å². The van der Waals surface area contributed by atoms with E-state index in [0.29, 0.717) is 12.6 Å². The summed E-state index contributed by atoms with van der Waals surface area (Å²) >= 11 is 0. The first-order valence-electron chi connectivity index (χ1n) is 5.95. The first kappa shape index (κ1) is 12.0. The lowest BCUT2D eigenvalue weighted by atomic mass is 9.84. The van der Waals surface area contributed by atoms with Gasteiger partial charge in [0.1, 0.15) is 0 Å². The van der Waals surface area contributed by atoms with E-state index in [-0.39, 0.29) is 0 Å². The third-order valence-electron chi connectivity index (χ3n) is 3.21. The molecule has 0 heterocycles. The van der Waals surface area contributed by atoms with E-state index >= 15 is 0 Å². The molecule has 0 spiro atoms. The first-order chi connectivity index (χ1) is 6.49. The summed E-state index contributed by atoms with van der Waals surface area (Å²) in [4.78, 5) is 0. The molecule has 84 valence electrons. The Labute approximate surface area is 88.1 Å². The third kappa shape index (κ3) is 4.43. The molecule has 1 aliphatic rings. The summed E-state index contributed by atoms with van der Waals surface area (Å²) in [6, 6.07) is 0.557. The molecule has 1 rings (SSSR count). The van der Waals surface area contributed by atoms with E-state index in [1.54, 1.807) is 0 Å². The first-order valence-corrected chi connectivity index (χ1v) is 5.95. The van der Waals surface area contributed by atoms with Crippen LogP contribution in [0.15, 0.2) is 0 Å². The number of hydrogen-bond donors (Lipinski definition) is 2. The Balaban J connectivity index is 2.23. The standard InChI is InChI=1S/C12H25NO/c1-10(13-9-12(2,3)14)11-7-5-4-6-8-11/h10-11,13-14H,4-9H2,1-3H3/t10-/m0/s1. The Kier molecular flexibility index (Phi) is 4.39. The van der Waals surface area contributed by atoms with Crippen LogP contribution in [0.3, 0.4) is 0 Å². The van der Waals surface area contributed by atoms with Crippen LogP contribution in [0.5, 0.6) is 0 Å². The predicted octanol–water partition coefficient (Wildman–Crippen LogP) is 2.32. The van der Waals surface area contributed by atoms with Crippen molar-refractivity contribution in [1.29, 1.82) is 0 Å². The van der Waals surface area contributed by atoms with Crippen molar-refractivity contribution in [2.24, 2.45) is 5.92 Å². The molecule has 1 saturated carbocycles. The SMILES string of the molecule is C[C@H](NCC(C)(C)O)C1CCCCC1. The van der Waals surface area contributed by atoms with E-state index in [2.05, 4.69) is 12.2 Å². The number of hydrogen-bond acceptors (Lipinski definition) is 2. The molecule has 0 aliphatic heterocycles. The van der Waals surface area contributed by atoms with Crippen LogP contribution in [-0.4, -0.2) is 23.3 Å². The summed E-state index contributed by atoms with van der Waals surface area (Å²) in [6.07, 6.45) is 6.91. The zero-order valence-electron chi connectivity index (χ0n) is 9.84. The molecule has 2 heteroatoms. The summed E-state index contributed by atoms with van der Waals surface area (Å²) in [5.74, 6) is 0.825. The van der Waals surface area contributed by atoms with Gasteiger partial charge in [-0.1, -0.05) is 19.3 Å². The molecular formula is C12H25NO. The number of aliphatic hydroxyl groups is 1. The molecule has 0 unspecified atom stereocenters. The van der Waals surface area contributed by atoms with Crippen molar-refractivity contribution in [1.82, 2.24) is 5.32 Å². The van der Waals surface area contributed by atoms with Gasteiger partial charge in [-0.2, -0.15) is 0 Å². The second kappa shape index (κ2) is 5.13. The molecule has 0 aromatic heterocycles. The van der Waals surface area contributed by atoms with Crippen LogP contribution in [0.4, 0.5) is 0 Å². The molecule has 1 atom stereocenters. The minimum absolute atomic E-state index is 0.557. The highest BCUT2D eigenvalue weighted by Gasteiger charge is 2.21. The quantitative estimate of drug-likeness (QED) is 0.728. The number of rotatable bonds is 4. The van der Waals surface area contributed by atoms with Gasteiger partial charge < -0.3 is 10.4 Å². The van der Waals surface area contributed by atoms with Gasteiger partial charge in [-0.25, -0.2) is 0 Å². The Bertz CT molecular complexity index is 156. The highest BCUT2D eigenvalue weighted by atomic mass is 16.3. The molecule has 0 aromatic rings. The lowest BCUT2D eigenvalue weighted by Gasteiger charge is -2.30. The fraction of sp³-hybridized carbons (Fsp3) is 1.00. The van der Waals surface area contributed by atoms with Gasteiger partial charge in [0.15, 0.2) is 0 Å². The van der Waals surface area contributed by atoms with Crippen molar-refractivity contribution in [3.05, 3.63) is 0 Å². The Morgan fingerprint density at radius 1 is 1.29 bits per heavy atom. The molecule has 0 aromatic carbocycles.